The molecule has 0 fully saturated rings. The summed E-state index contributed by atoms with van der Waals surface area (Å²) < 4.78 is 13.8. The molecule has 0 aliphatic carbocycles. The van der Waals surface area contributed by atoms with Crippen LogP contribution in [0.1, 0.15) is 15.9 Å². The standard InChI is InChI=1S/C14H11ClFNO/c1-8-6-7-10(14(17)18)13(15)12(8)9-4-2-3-5-11(9)16/h2-7H,1H3,(H2,17,18). The van der Waals surface area contributed by atoms with Crippen molar-refractivity contribution in [3.63, 3.8) is 0 Å². The smallest absolute Gasteiger partial charge is 0.250 e. The summed E-state index contributed by atoms with van der Waals surface area (Å²) >= 11 is 6.15. The molecule has 4 heteroatoms. The molecule has 0 aliphatic rings. The van der Waals surface area contributed by atoms with E-state index in [1.165, 1.54) is 6.07 Å². The molecule has 0 atom stereocenters. The summed E-state index contributed by atoms with van der Waals surface area (Å²) in [5, 5.41) is 0.188. The van der Waals surface area contributed by atoms with Crippen LogP contribution in [0.5, 0.6) is 0 Å². The van der Waals surface area contributed by atoms with Crippen LogP contribution in [-0.2, 0) is 0 Å². The topological polar surface area (TPSA) is 43.1 Å². The molecule has 2 aromatic carbocycles. The second-order valence-corrected chi connectivity index (χ2v) is 4.34. The lowest BCUT2D eigenvalue weighted by molar-refractivity contribution is 0.100. The molecule has 0 bridgehead atoms. The van der Waals surface area contributed by atoms with E-state index in [9.17, 15) is 9.18 Å². The van der Waals surface area contributed by atoms with Crippen LogP contribution in [0.3, 0.4) is 0 Å². The van der Waals surface area contributed by atoms with Crippen LogP contribution in [-0.4, -0.2) is 5.91 Å². The van der Waals surface area contributed by atoms with E-state index in [0.717, 1.165) is 5.56 Å². The van der Waals surface area contributed by atoms with Gasteiger partial charge in [0.25, 0.3) is 0 Å². The molecule has 2 aromatic rings. The van der Waals surface area contributed by atoms with Gasteiger partial charge in [-0.3, -0.25) is 4.79 Å². The van der Waals surface area contributed by atoms with E-state index in [1.54, 1.807) is 37.3 Å². The molecule has 0 heterocycles. The SMILES string of the molecule is Cc1ccc(C(N)=O)c(Cl)c1-c1ccccc1F. The highest BCUT2D eigenvalue weighted by atomic mass is 35.5. The maximum Gasteiger partial charge on any atom is 0.250 e. The molecule has 0 radical (unpaired) electrons. The van der Waals surface area contributed by atoms with Crippen molar-refractivity contribution in [1.29, 1.82) is 0 Å². The van der Waals surface area contributed by atoms with Gasteiger partial charge in [0.1, 0.15) is 5.82 Å². The number of hydrogen-bond acceptors (Lipinski definition) is 1. The highest BCUT2D eigenvalue weighted by molar-refractivity contribution is 6.36. The van der Waals surface area contributed by atoms with Crippen molar-refractivity contribution in [1.82, 2.24) is 0 Å². The third kappa shape index (κ3) is 2.09. The van der Waals surface area contributed by atoms with E-state index in [1.807, 2.05) is 0 Å². The minimum Gasteiger partial charge on any atom is -0.366 e. The Morgan fingerprint density at radius 2 is 1.89 bits per heavy atom. The average Bonchev–Trinajstić information content (AvgIpc) is 2.31. The number of hydrogen-bond donors (Lipinski definition) is 1. The number of rotatable bonds is 2. The molecule has 1 amide bonds. The predicted molar refractivity (Wildman–Crippen MR) is 70.1 cm³/mol. The Bertz CT molecular complexity index is 625. The van der Waals surface area contributed by atoms with Gasteiger partial charge < -0.3 is 5.73 Å². The van der Waals surface area contributed by atoms with Gasteiger partial charge in [-0.15, -0.1) is 0 Å². The zero-order valence-corrected chi connectivity index (χ0v) is 10.5. The number of halogens is 2. The van der Waals surface area contributed by atoms with Crippen molar-refractivity contribution in [2.75, 3.05) is 0 Å². The first kappa shape index (κ1) is 12.6. The third-order valence-corrected chi connectivity index (χ3v) is 3.15. The summed E-state index contributed by atoms with van der Waals surface area (Å²) in [4.78, 5) is 11.2. The fraction of sp³-hybridized carbons (Fsp3) is 0.0714. The molecule has 2 rings (SSSR count). The van der Waals surface area contributed by atoms with Gasteiger partial charge in [0, 0.05) is 11.1 Å². The van der Waals surface area contributed by atoms with Crippen molar-refractivity contribution in [2.45, 2.75) is 6.92 Å². The number of aryl methyl sites for hydroxylation is 1. The first-order valence-corrected chi connectivity index (χ1v) is 5.74. The lowest BCUT2D eigenvalue weighted by Gasteiger charge is -2.12. The quantitative estimate of drug-likeness (QED) is 0.885. The van der Waals surface area contributed by atoms with Crippen LogP contribution in [0.25, 0.3) is 11.1 Å². The molecule has 2 N–H and O–H groups in total. The highest BCUT2D eigenvalue weighted by Crippen LogP contribution is 2.35. The van der Waals surface area contributed by atoms with Crippen molar-refractivity contribution in [2.24, 2.45) is 5.73 Å². The minimum absolute atomic E-state index is 0.188. The molecule has 0 aliphatic heterocycles. The molecule has 2 nitrogen and oxygen atoms in total. The van der Waals surface area contributed by atoms with E-state index >= 15 is 0 Å². The van der Waals surface area contributed by atoms with Crippen LogP contribution < -0.4 is 5.73 Å². The number of benzene rings is 2. The van der Waals surface area contributed by atoms with Crippen molar-refractivity contribution in [3.05, 3.63) is 58.4 Å². The fourth-order valence-electron chi connectivity index (χ4n) is 1.86. The molecule has 18 heavy (non-hydrogen) atoms. The minimum atomic E-state index is -0.627. The Balaban J connectivity index is 2.75. The Labute approximate surface area is 109 Å². The van der Waals surface area contributed by atoms with E-state index in [2.05, 4.69) is 0 Å². The molecule has 0 saturated carbocycles. The van der Waals surface area contributed by atoms with Crippen LogP contribution in [0.4, 0.5) is 4.39 Å². The third-order valence-electron chi connectivity index (χ3n) is 2.76. The van der Waals surface area contributed by atoms with E-state index in [4.69, 9.17) is 17.3 Å². The number of primary amides is 1. The molecular weight excluding hydrogens is 253 g/mol. The van der Waals surface area contributed by atoms with Crippen molar-refractivity contribution >= 4 is 17.5 Å². The molecular formula is C14H11ClFNO. The maximum absolute atomic E-state index is 13.8. The van der Waals surface area contributed by atoms with Crippen LogP contribution in [0, 0.1) is 12.7 Å². The molecule has 0 saturated heterocycles. The van der Waals surface area contributed by atoms with Gasteiger partial charge in [0.2, 0.25) is 5.91 Å². The highest BCUT2D eigenvalue weighted by Gasteiger charge is 2.16. The molecule has 0 spiro atoms. The van der Waals surface area contributed by atoms with Gasteiger partial charge in [-0.05, 0) is 24.6 Å². The van der Waals surface area contributed by atoms with Gasteiger partial charge in [0.05, 0.1) is 10.6 Å². The number of carbonyl (C=O) groups is 1. The van der Waals surface area contributed by atoms with Gasteiger partial charge in [-0.1, -0.05) is 35.9 Å². The van der Waals surface area contributed by atoms with Crippen LogP contribution in [0.15, 0.2) is 36.4 Å². The summed E-state index contributed by atoms with van der Waals surface area (Å²) in [6.07, 6.45) is 0. The van der Waals surface area contributed by atoms with Crippen LogP contribution >= 0.6 is 11.6 Å². The monoisotopic (exact) mass is 263 g/mol. The lowest BCUT2D eigenvalue weighted by atomic mass is 9.97. The second kappa shape index (κ2) is 4.78. The molecule has 92 valence electrons. The van der Waals surface area contributed by atoms with E-state index in [0.29, 0.717) is 11.1 Å². The maximum atomic E-state index is 13.8. The van der Waals surface area contributed by atoms with E-state index in [-0.39, 0.29) is 16.4 Å². The van der Waals surface area contributed by atoms with Gasteiger partial charge in [0.15, 0.2) is 0 Å². The summed E-state index contributed by atoms with van der Waals surface area (Å²) in [6.45, 7) is 1.80. The number of amides is 1. The van der Waals surface area contributed by atoms with Crippen LogP contribution in [0.2, 0.25) is 5.02 Å². The zero-order valence-electron chi connectivity index (χ0n) is 9.71. The second-order valence-electron chi connectivity index (χ2n) is 3.96. The Hall–Kier alpha value is -1.87. The van der Waals surface area contributed by atoms with Crippen molar-refractivity contribution < 1.29 is 9.18 Å². The molecule has 0 aromatic heterocycles. The number of carbonyl (C=O) groups excluding carboxylic acids is 1. The fourth-order valence-corrected chi connectivity index (χ4v) is 2.26. The predicted octanol–water partition coefficient (Wildman–Crippen LogP) is 3.55. The average molecular weight is 264 g/mol. The Morgan fingerprint density at radius 3 is 2.50 bits per heavy atom. The Kier molecular flexibility index (Phi) is 3.34. The Morgan fingerprint density at radius 1 is 1.22 bits per heavy atom. The summed E-state index contributed by atoms with van der Waals surface area (Å²) in [5.41, 5.74) is 7.08. The summed E-state index contributed by atoms with van der Waals surface area (Å²) in [5.74, 6) is -1.01. The largest absolute Gasteiger partial charge is 0.366 e. The normalized spacial score (nSPS) is 10.4. The molecule has 0 unspecified atom stereocenters. The van der Waals surface area contributed by atoms with Crippen molar-refractivity contribution in [3.8, 4) is 11.1 Å². The first-order chi connectivity index (χ1) is 8.52. The van der Waals surface area contributed by atoms with Gasteiger partial charge in [-0.25, -0.2) is 4.39 Å². The van der Waals surface area contributed by atoms with Gasteiger partial charge in [-0.2, -0.15) is 0 Å². The zero-order chi connectivity index (χ0) is 13.3. The summed E-state index contributed by atoms with van der Waals surface area (Å²) in [6, 6.07) is 9.53. The number of nitrogens with two attached hydrogens (primary N) is 1. The lowest BCUT2D eigenvalue weighted by Crippen LogP contribution is -2.12. The summed E-state index contributed by atoms with van der Waals surface area (Å²) in [7, 11) is 0. The first-order valence-electron chi connectivity index (χ1n) is 5.36. The van der Waals surface area contributed by atoms with E-state index < -0.39 is 5.91 Å². The van der Waals surface area contributed by atoms with Gasteiger partial charge >= 0.3 is 0 Å².